The molecule has 1 aromatic heterocycles. The van der Waals surface area contributed by atoms with E-state index in [-0.39, 0.29) is 22.5 Å². The molecule has 10 heteroatoms. The molecule has 1 saturated heterocycles. The first-order valence-electron chi connectivity index (χ1n) is 9.35. The molecule has 0 aliphatic carbocycles. The predicted molar refractivity (Wildman–Crippen MR) is 106 cm³/mol. The largest absolute Gasteiger partial charge is 0.508 e. The van der Waals surface area contributed by atoms with Crippen LogP contribution in [0.15, 0.2) is 45.6 Å². The van der Waals surface area contributed by atoms with Crippen molar-refractivity contribution < 1.29 is 44.9 Å². The Balaban J connectivity index is 1.85. The maximum Gasteiger partial charge on any atom is 0.197 e. The Morgan fingerprint density at radius 2 is 1.58 bits per heavy atom. The summed E-state index contributed by atoms with van der Waals surface area (Å²) in [5.41, 5.74) is -0.741. The van der Waals surface area contributed by atoms with E-state index in [1.165, 1.54) is 24.3 Å². The van der Waals surface area contributed by atoms with Crippen molar-refractivity contribution in [3.63, 3.8) is 0 Å². The Labute approximate surface area is 174 Å². The van der Waals surface area contributed by atoms with Crippen LogP contribution in [0.4, 0.5) is 0 Å². The van der Waals surface area contributed by atoms with Crippen LogP contribution in [0.1, 0.15) is 11.7 Å². The van der Waals surface area contributed by atoms with Crippen molar-refractivity contribution in [2.24, 2.45) is 0 Å². The normalized spacial score (nSPS) is 26.3. The van der Waals surface area contributed by atoms with Crippen molar-refractivity contribution >= 4 is 11.0 Å². The fraction of sp³-hybridized carbons (Fsp3) is 0.286. The highest BCUT2D eigenvalue weighted by atomic mass is 16.5. The maximum absolute atomic E-state index is 12.7. The quantitative estimate of drug-likeness (QED) is 0.300. The van der Waals surface area contributed by atoms with Gasteiger partial charge in [0, 0.05) is 17.7 Å². The fourth-order valence-corrected chi connectivity index (χ4v) is 3.69. The molecule has 1 aliphatic heterocycles. The summed E-state index contributed by atoms with van der Waals surface area (Å²) in [7, 11) is 0. The Hall–Kier alpha value is -3.15. The first-order chi connectivity index (χ1) is 14.7. The van der Waals surface area contributed by atoms with Gasteiger partial charge in [-0.3, -0.25) is 4.79 Å². The molecule has 0 saturated carbocycles. The number of hydrogen-bond acceptors (Lipinski definition) is 10. The Bertz CT molecular complexity index is 1170. The van der Waals surface area contributed by atoms with E-state index in [9.17, 15) is 40.5 Å². The molecule has 2 unspecified atom stereocenters. The molecule has 3 aromatic rings. The summed E-state index contributed by atoms with van der Waals surface area (Å²) in [4.78, 5) is 12.7. The number of phenolic OH excluding ortho intramolecular Hbond substituents is 3. The van der Waals surface area contributed by atoms with Crippen molar-refractivity contribution in [2.45, 2.75) is 30.5 Å². The number of aliphatic hydroxyl groups is 4. The van der Waals surface area contributed by atoms with Gasteiger partial charge in [-0.2, -0.15) is 0 Å². The van der Waals surface area contributed by atoms with Gasteiger partial charge in [-0.1, -0.05) is 0 Å². The number of benzene rings is 2. The average molecular weight is 432 g/mol. The van der Waals surface area contributed by atoms with Crippen LogP contribution in [0.25, 0.3) is 22.3 Å². The third-order valence-electron chi connectivity index (χ3n) is 5.34. The number of phenols is 3. The number of aliphatic hydroxyl groups excluding tert-OH is 4. The monoisotopic (exact) mass is 432 g/mol. The number of hydrogen-bond donors (Lipinski definition) is 7. The molecular weight excluding hydrogens is 412 g/mol. The maximum atomic E-state index is 12.7. The van der Waals surface area contributed by atoms with Gasteiger partial charge in [0.15, 0.2) is 5.43 Å². The van der Waals surface area contributed by atoms with E-state index >= 15 is 0 Å². The van der Waals surface area contributed by atoms with E-state index in [1.54, 1.807) is 0 Å². The molecule has 1 fully saturated rings. The topological polar surface area (TPSA) is 181 Å². The van der Waals surface area contributed by atoms with E-state index in [0.29, 0.717) is 5.56 Å². The van der Waals surface area contributed by atoms with Crippen molar-refractivity contribution in [2.75, 3.05) is 6.61 Å². The smallest absolute Gasteiger partial charge is 0.197 e. The van der Waals surface area contributed by atoms with E-state index in [0.717, 1.165) is 12.1 Å². The van der Waals surface area contributed by atoms with E-state index in [2.05, 4.69) is 0 Å². The van der Waals surface area contributed by atoms with Crippen molar-refractivity contribution in [3.05, 3.63) is 52.2 Å². The molecule has 4 rings (SSSR count). The lowest BCUT2D eigenvalue weighted by Crippen LogP contribution is -2.55. The first-order valence-corrected chi connectivity index (χ1v) is 9.35. The molecule has 0 spiro atoms. The molecule has 7 N–H and O–H groups in total. The third-order valence-corrected chi connectivity index (χ3v) is 5.34. The highest BCUT2D eigenvalue weighted by Crippen LogP contribution is 2.44. The van der Waals surface area contributed by atoms with Crippen molar-refractivity contribution in [3.8, 4) is 28.6 Å². The highest BCUT2D eigenvalue weighted by molar-refractivity contribution is 5.88. The molecule has 2 aromatic carbocycles. The molecule has 10 nitrogen and oxygen atoms in total. The zero-order valence-corrected chi connectivity index (χ0v) is 15.9. The summed E-state index contributed by atoms with van der Waals surface area (Å²) in [6.45, 7) is -0.700. The van der Waals surface area contributed by atoms with Crippen LogP contribution in [0.2, 0.25) is 0 Å². The van der Waals surface area contributed by atoms with Crippen molar-refractivity contribution in [1.29, 1.82) is 0 Å². The van der Waals surface area contributed by atoms with Gasteiger partial charge in [0.1, 0.15) is 64.5 Å². The van der Waals surface area contributed by atoms with Gasteiger partial charge >= 0.3 is 0 Å². The van der Waals surface area contributed by atoms with Crippen LogP contribution >= 0.6 is 0 Å². The summed E-state index contributed by atoms with van der Waals surface area (Å²) >= 11 is 0. The van der Waals surface area contributed by atoms with Gasteiger partial charge in [0.25, 0.3) is 0 Å². The minimum Gasteiger partial charge on any atom is -0.508 e. The molecule has 0 bridgehead atoms. The highest BCUT2D eigenvalue weighted by Gasteiger charge is 2.46. The lowest BCUT2D eigenvalue weighted by atomic mass is 9.89. The summed E-state index contributed by atoms with van der Waals surface area (Å²) < 4.78 is 11.0. The number of ether oxygens (including phenoxy) is 1. The van der Waals surface area contributed by atoms with Crippen LogP contribution in [-0.2, 0) is 4.74 Å². The average Bonchev–Trinajstić information content (AvgIpc) is 2.73. The standard InChI is InChI=1S/C21H20O10/c22-7-14-17(26)19(28)20(29)21(31-14)16-11(25)6-13-15(18(16)27)10(24)5-12(30-13)8-1-3-9(23)4-2-8/h1-6,14,17,19-23,25-29H,7H2/t14?,17-,19?,20+,21+/m1/s1. The van der Waals surface area contributed by atoms with Gasteiger partial charge < -0.3 is 44.9 Å². The zero-order chi connectivity index (χ0) is 22.4. The second kappa shape index (κ2) is 7.84. The lowest BCUT2D eigenvalue weighted by molar-refractivity contribution is -0.232. The first kappa shape index (κ1) is 21.1. The number of aromatic hydroxyl groups is 3. The van der Waals surface area contributed by atoms with Crippen LogP contribution in [0.5, 0.6) is 17.2 Å². The van der Waals surface area contributed by atoms with Crippen molar-refractivity contribution in [1.82, 2.24) is 0 Å². The molecular formula is C21H20O10. The van der Waals surface area contributed by atoms with Gasteiger partial charge in [-0.15, -0.1) is 0 Å². The Morgan fingerprint density at radius 1 is 0.903 bits per heavy atom. The summed E-state index contributed by atoms with van der Waals surface area (Å²) in [6, 6.07) is 8.00. The number of rotatable bonds is 3. The van der Waals surface area contributed by atoms with Gasteiger partial charge in [0.05, 0.1) is 12.2 Å². The third kappa shape index (κ3) is 3.50. The summed E-state index contributed by atoms with van der Waals surface area (Å²) in [5, 5.41) is 70.0. The summed E-state index contributed by atoms with van der Waals surface area (Å²) in [5.74, 6) is -1.19. The van der Waals surface area contributed by atoms with Gasteiger partial charge in [-0.05, 0) is 24.3 Å². The van der Waals surface area contributed by atoms with Crippen LogP contribution in [-0.4, -0.2) is 66.8 Å². The van der Waals surface area contributed by atoms with Crippen LogP contribution in [0, 0.1) is 0 Å². The van der Waals surface area contributed by atoms with E-state index in [4.69, 9.17) is 9.15 Å². The Morgan fingerprint density at radius 3 is 2.23 bits per heavy atom. The van der Waals surface area contributed by atoms with E-state index in [1.807, 2.05) is 0 Å². The Kier molecular flexibility index (Phi) is 5.33. The second-order valence-electron chi connectivity index (χ2n) is 7.30. The fourth-order valence-electron chi connectivity index (χ4n) is 3.69. The number of fused-ring (bicyclic) bond motifs is 1. The SMILES string of the molecule is O=c1cc(-c2ccc(O)cc2)oc2cc(O)c([C@@H]3OC(CO)[C@@H](O)C(O)[C@@H]3O)c(O)c12. The van der Waals surface area contributed by atoms with Gasteiger partial charge in [0.2, 0.25) is 0 Å². The molecule has 31 heavy (non-hydrogen) atoms. The molecule has 2 heterocycles. The second-order valence-corrected chi connectivity index (χ2v) is 7.30. The molecule has 164 valence electrons. The lowest BCUT2D eigenvalue weighted by Gasteiger charge is -2.40. The zero-order valence-electron chi connectivity index (χ0n) is 15.9. The van der Waals surface area contributed by atoms with Gasteiger partial charge in [-0.25, -0.2) is 0 Å². The minimum absolute atomic E-state index is 0.0198. The minimum atomic E-state index is -1.77. The van der Waals surface area contributed by atoms with Crippen LogP contribution < -0.4 is 5.43 Å². The van der Waals surface area contributed by atoms with Crippen LogP contribution in [0.3, 0.4) is 0 Å². The molecule has 0 radical (unpaired) electrons. The summed E-state index contributed by atoms with van der Waals surface area (Å²) in [6.07, 6.45) is -7.95. The van der Waals surface area contributed by atoms with E-state index < -0.39 is 59.6 Å². The molecule has 1 aliphatic rings. The predicted octanol–water partition coefficient (Wildman–Crippen LogP) is 0.0917. The molecule has 0 amide bonds. The molecule has 5 atom stereocenters.